The van der Waals surface area contributed by atoms with Crippen LogP contribution in [0.2, 0.25) is 0 Å². The minimum atomic E-state index is -0.507. The van der Waals surface area contributed by atoms with E-state index in [2.05, 4.69) is 6.92 Å². The van der Waals surface area contributed by atoms with E-state index in [1.807, 2.05) is 6.92 Å². The lowest BCUT2D eigenvalue weighted by Gasteiger charge is -2.07. The Kier molecular flexibility index (Phi) is 10.0. The van der Waals surface area contributed by atoms with E-state index in [-0.39, 0.29) is 6.10 Å². The second-order valence-electron chi connectivity index (χ2n) is 4.22. The number of hydrogen-bond donors (Lipinski definition) is 0. The molecule has 0 aliphatic heterocycles. The van der Waals surface area contributed by atoms with E-state index in [9.17, 15) is 9.59 Å². The van der Waals surface area contributed by atoms with Crippen LogP contribution in [0.3, 0.4) is 0 Å². The Morgan fingerprint density at radius 3 is 2.33 bits per heavy atom. The molecule has 0 aliphatic rings. The van der Waals surface area contributed by atoms with Crippen molar-refractivity contribution in [1.82, 2.24) is 0 Å². The maximum absolute atomic E-state index is 11.2. The van der Waals surface area contributed by atoms with Crippen molar-refractivity contribution in [1.29, 1.82) is 0 Å². The molecule has 0 saturated heterocycles. The van der Waals surface area contributed by atoms with Gasteiger partial charge in [0, 0.05) is 12.2 Å². The number of carbonyl (C=O) groups is 2. The van der Waals surface area contributed by atoms with E-state index in [0.717, 1.165) is 44.3 Å². The average molecular weight is 256 g/mol. The Balaban J connectivity index is 3.69. The summed E-state index contributed by atoms with van der Waals surface area (Å²) in [7, 11) is 0. The van der Waals surface area contributed by atoms with Crippen LogP contribution in [0.4, 0.5) is 0 Å². The summed E-state index contributed by atoms with van der Waals surface area (Å²) in [6.45, 7) is 6.26. The Bertz CT molecular complexity index is 271. The molecule has 104 valence electrons. The molecule has 0 bridgehead atoms. The van der Waals surface area contributed by atoms with Gasteiger partial charge >= 0.3 is 11.9 Å². The lowest BCUT2D eigenvalue weighted by atomic mass is 10.2. The zero-order valence-electron chi connectivity index (χ0n) is 11.6. The number of unbranched alkanes of at least 4 members (excludes halogenated alkanes) is 3. The van der Waals surface area contributed by atoms with Gasteiger partial charge in [0.15, 0.2) is 0 Å². The van der Waals surface area contributed by atoms with E-state index in [1.54, 1.807) is 6.92 Å². The smallest absolute Gasteiger partial charge is 0.331 e. The van der Waals surface area contributed by atoms with Crippen molar-refractivity contribution in [3.8, 4) is 0 Å². The van der Waals surface area contributed by atoms with Crippen LogP contribution in [0, 0.1) is 0 Å². The molecule has 0 aromatic carbocycles. The second kappa shape index (κ2) is 10.8. The lowest BCUT2D eigenvalue weighted by molar-refractivity contribution is -0.143. The van der Waals surface area contributed by atoms with Gasteiger partial charge in [0.2, 0.25) is 0 Å². The molecule has 4 nitrogen and oxygen atoms in total. The SMILES string of the molecule is CCCCCCOC(=O)/C=C/C(=O)OC(C)CC. The van der Waals surface area contributed by atoms with E-state index >= 15 is 0 Å². The van der Waals surface area contributed by atoms with Crippen molar-refractivity contribution in [2.24, 2.45) is 0 Å². The highest BCUT2D eigenvalue weighted by molar-refractivity contribution is 5.91. The molecule has 0 saturated carbocycles. The van der Waals surface area contributed by atoms with E-state index < -0.39 is 11.9 Å². The van der Waals surface area contributed by atoms with Gasteiger partial charge in [0.25, 0.3) is 0 Å². The first-order chi connectivity index (χ1) is 8.60. The van der Waals surface area contributed by atoms with Gasteiger partial charge in [-0.1, -0.05) is 33.1 Å². The summed E-state index contributed by atoms with van der Waals surface area (Å²) in [5, 5.41) is 0. The van der Waals surface area contributed by atoms with Crippen molar-refractivity contribution in [2.75, 3.05) is 6.61 Å². The van der Waals surface area contributed by atoms with Crippen molar-refractivity contribution in [3.63, 3.8) is 0 Å². The van der Waals surface area contributed by atoms with Crippen LogP contribution in [0.15, 0.2) is 12.2 Å². The average Bonchev–Trinajstić information content (AvgIpc) is 2.36. The predicted octanol–water partition coefficient (Wildman–Crippen LogP) is 3.01. The summed E-state index contributed by atoms with van der Waals surface area (Å²) in [5.41, 5.74) is 0. The summed E-state index contributed by atoms with van der Waals surface area (Å²) >= 11 is 0. The van der Waals surface area contributed by atoms with Crippen LogP contribution in [-0.4, -0.2) is 24.6 Å². The van der Waals surface area contributed by atoms with Crippen molar-refractivity contribution < 1.29 is 19.1 Å². The van der Waals surface area contributed by atoms with Crippen molar-refractivity contribution in [2.45, 2.75) is 59.0 Å². The van der Waals surface area contributed by atoms with Gasteiger partial charge in [-0.25, -0.2) is 9.59 Å². The van der Waals surface area contributed by atoms with Crippen molar-refractivity contribution >= 4 is 11.9 Å². The monoisotopic (exact) mass is 256 g/mol. The van der Waals surface area contributed by atoms with Gasteiger partial charge in [-0.2, -0.15) is 0 Å². The predicted molar refractivity (Wildman–Crippen MR) is 70.1 cm³/mol. The summed E-state index contributed by atoms with van der Waals surface area (Å²) in [5.74, 6) is -1.00. The number of hydrogen-bond acceptors (Lipinski definition) is 4. The summed E-state index contributed by atoms with van der Waals surface area (Å²) in [6, 6.07) is 0. The molecular formula is C14H24O4. The zero-order chi connectivity index (χ0) is 13.8. The largest absolute Gasteiger partial charge is 0.463 e. The fourth-order valence-corrected chi connectivity index (χ4v) is 1.21. The second-order valence-corrected chi connectivity index (χ2v) is 4.22. The molecule has 0 aromatic rings. The molecule has 1 unspecified atom stereocenters. The fourth-order valence-electron chi connectivity index (χ4n) is 1.21. The maximum Gasteiger partial charge on any atom is 0.331 e. The van der Waals surface area contributed by atoms with Crippen LogP contribution in [0.5, 0.6) is 0 Å². The third-order valence-corrected chi connectivity index (χ3v) is 2.49. The fraction of sp³-hybridized carbons (Fsp3) is 0.714. The number of ether oxygens (including phenoxy) is 2. The molecule has 0 rings (SSSR count). The topological polar surface area (TPSA) is 52.6 Å². The van der Waals surface area contributed by atoms with Crippen LogP contribution in [0.25, 0.3) is 0 Å². The van der Waals surface area contributed by atoms with E-state index in [1.165, 1.54) is 0 Å². The van der Waals surface area contributed by atoms with E-state index in [4.69, 9.17) is 9.47 Å². The van der Waals surface area contributed by atoms with Gasteiger partial charge in [0.05, 0.1) is 12.7 Å². The Morgan fingerprint density at radius 2 is 1.72 bits per heavy atom. The number of carbonyl (C=O) groups excluding carboxylic acids is 2. The van der Waals surface area contributed by atoms with Gasteiger partial charge in [-0.3, -0.25) is 0 Å². The molecule has 0 radical (unpaired) electrons. The highest BCUT2D eigenvalue weighted by Gasteiger charge is 2.04. The third-order valence-electron chi connectivity index (χ3n) is 2.49. The molecule has 0 aliphatic carbocycles. The minimum absolute atomic E-state index is 0.132. The number of rotatable bonds is 9. The summed E-state index contributed by atoms with van der Waals surface area (Å²) < 4.78 is 9.91. The van der Waals surface area contributed by atoms with Crippen LogP contribution in [0.1, 0.15) is 52.9 Å². The highest BCUT2D eigenvalue weighted by atomic mass is 16.5. The number of esters is 2. The molecule has 0 spiro atoms. The molecule has 0 amide bonds. The molecule has 4 heteroatoms. The molecule has 0 aromatic heterocycles. The normalized spacial score (nSPS) is 12.4. The van der Waals surface area contributed by atoms with Crippen LogP contribution < -0.4 is 0 Å². The Morgan fingerprint density at radius 1 is 1.06 bits per heavy atom. The lowest BCUT2D eigenvalue weighted by Crippen LogP contribution is -2.12. The molecule has 18 heavy (non-hydrogen) atoms. The first kappa shape index (κ1) is 16.7. The Hall–Kier alpha value is -1.32. The maximum atomic E-state index is 11.2. The molecule has 1 atom stereocenters. The summed E-state index contributed by atoms with van der Waals surface area (Å²) in [6.07, 6.45) is 7.07. The summed E-state index contributed by atoms with van der Waals surface area (Å²) in [4.78, 5) is 22.4. The highest BCUT2D eigenvalue weighted by Crippen LogP contribution is 2.00. The van der Waals surface area contributed by atoms with Gasteiger partial charge in [-0.05, 0) is 19.8 Å². The molecule has 0 fully saturated rings. The quantitative estimate of drug-likeness (QED) is 0.361. The third kappa shape index (κ3) is 9.87. The Labute approximate surface area is 109 Å². The first-order valence-corrected chi connectivity index (χ1v) is 6.65. The van der Waals surface area contributed by atoms with Gasteiger partial charge in [0.1, 0.15) is 0 Å². The van der Waals surface area contributed by atoms with E-state index in [0.29, 0.717) is 6.61 Å². The van der Waals surface area contributed by atoms with Gasteiger partial charge < -0.3 is 9.47 Å². The zero-order valence-corrected chi connectivity index (χ0v) is 11.6. The van der Waals surface area contributed by atoms with Gasteiger partial charge in [-0.15, -0.1) is 0 Å². The molecular weight excluding hydrogens is 232 g/mol. The van der Waals surface area contributed by atoms with Crippen LogP contribution in [-0.2, 0) is 19.1 Å². The minimum Gasteiger partial charge on any atom is -0.463 e. The first-order valence-electron chi connectivity index (χ1n) is 6.65. The standard InChI is InChI=1S/C14H24O4/c1-4-6-7-8-11-17-13(15)9-10-14(16)18-12(3)5-2/h9-10,12H,4-8,11H2,1-3H3/b10-9+. The molecule has 0 N–H and O–H groups in total. The van der Waals surface area contributed by atoms with Crippen LogP contribution >= 0.6 is 0 Å². The van der Waals surface area contributed by atoms with Crippen molar-refractivity contribution in [3.05, 3.63) is 12.2 Å². The molecule has 0 heterocycles.